The van der Waals surface area contributed by atoms with Gasteiger partial charge < -0.3 is 10.1 Å². The van der Waals surface area contributed by atoms with E-state index in [1.165, 1.54) is 11.8 Å². The summed E-state index contributed by atoms with van der Waals surface area (Å²) in [5.74, 6) is -1.24. The molecule has 0 aromatic heterocycles. The second-order valence-corrected chi connectivity index (χ2v) is 8.37. The summed E-state index contributed by atoms with van der Waals surface area (Å²) in [6.07, 6.45) is -0.975. The van der Waals surface area contributed by atoms with Crippen molar-refractivity contribution in [1.82, 2.24) is 0 Å². The summed E-state index contributed by atoms with van der Waals surface area (Å²) in [6.45, 7) is 3.69. The van der Waals surface area contributed by atoms with Crippen molar-refractivity contribution in [2.24, 2.45) is 5.92 Å². The molecule has 0 radical (unpaired) electrons. The first-order valence-corrected chi connectivity index (χ1v) is 11.5. The molecule has 8 heteroatoms. The van der Waals surface area contributed by atoms with Crippen LogP contribution in [0.1, 0.15) is 25.5 Å². The van der Waals surface area contributed by atoms with E-state index in [9.17, 15) is 14.4 Å². The highest BCUT2D eigenvalue weighted by molar-refractivity contribution is 6.24. The minimum absolute atomic E-state index is 0.173. The van der Waals surface area contributed by atoms with Gasteiger partial charge in [0.25, 0.3) is 5.91 Å². The summed E-state index contributed by atoms with van der Waals surface area (Å²) in [5.41, 5.74) is 2.58. The van der Waals surface area contributed by atoms with Crippen molar-refractivity contribution >= 4 is 34.8 Å². The molecule has 8 nitrogen and oxygen atoms in total. The Hall–Kier alpha value is -4.17. The Morgan fingerprint density at radius 1 is 0.943 bits per heavy atom. The molecule has 5 rings (SSSR count). The molecule has 2 aliphatic heterocycles. The zero-order chi connectivity index (χ0) is 24.5. The highest BCUT2D eigenvalue weighted by Crippen LogP contribution is 2.48. The van der Waals surface area contributed by atoms with Crippen LogP contribution in [-0.2, 0) is 19.2 Å². The molecule has 0 aliphatic carbocycles. The summed E-state index contributed by atoms with van der Waals surface area (Å²) < 4.78 is 5.68. The first kappa shape index (κ1) is 22.6. The number of amides is 3. The molecule has 0 unspecified atom stereocenters. The number of nitrogens with one attached hydrogen (secondary N) is 1. The lowest BCUT2D eigenvalue weighted by molar-refractivity contribution is -0.126. The van der Waals surface area contributed by atoms with Crippen molar-refractivity contribution in [3.8, 4) is 5.75 Å². The third-order valence-corrected chi connectivity index (χ3v) is 6.10. The number of hydrogen-bond acceptors (Lipinski definition) is 6. The van der Waals surface area contributed by atoms with E-state index in [1.807, 2.05) is 49.4 Å². The van der Waals surface area contributed by atoms with E-state index in [4.69, 9.17) is 9.57 Å². The van der Waals surface area contributed by atoms with Gasteiger partial charge in [-0.05, 0) is 48.9 Å². The summed E-state index contributed by atoms with van der Waals surface area (Å²) in [5, 5.41) is 4.39. The summed E-state index contributed by atoms with van der Waals surface area (Å²) in [4.78, 5) is 46.1. The molecule has 0 spiro atoms. The first-order chi connectivity index (χ1) is 17.0. The smallest absolute Gasteiger partial charge is 0.266 e. The van der Waals surface area contributed by atoms with E-state index in [0.29, 0.717) is 23.7 Å². The summed E-state index contributed by atoms with van der Waals surface area (Å²) in [6, 6.07) is 23.1. The van der Waals surface area contributed by atoms with E-state index in [0.717, 1.165) is 11.3 Å². The van der Waals surface area contributed by atoms with Crippen LogP contribution in [0.2, 0.25) is 0 Å². The summed E-state index contributed by atoms with van der Waals surface area (Å²) in [7, 11) is 0. The number of anilines is 3. The molecule has 35 heavy (non-hydrogen) atoms. The molecule has 0 saturated carbocycles. The molecule has 3 aromatic rings. The van der Waals surface area contributed by atoms with E-state index < -0.39 is 24.0 Å². The maximum absolute atomic E-state index is 13.8. The Balaban J connectivity index is 1.55. The number of rotatable bonds is 6. The first-order valence-electron chi connectivity index (χ1n) is 11.5. The second kappa shape index (κ2) is 9.23. The molecule has 178 valence electrons. The van der Waals surface area contributed by atoms with Gasteiger partial charge >= 0.3 is 0 Å². The lowest BCUT2D eigenvalue weighted by Gasteiger charge is -2.29. The minimum atomic E-state index is -0.975. The number of para-hydroxylation sites is 3. The monoisotopic (exact) mass is 471 g/mol. The van der Waals surface area contributed by atoms with Crippen molar-refractivity contribution in [2.45, 2.75) is 26.0 Å². The number of hydrogen-bond donors (Lipinski definition) is 1. The van der Waals surface area contributed by atoms with Crippen molar-refractivity contribution in [3.05, 3.63) is 84.4 Å². The zero-order valence-electron chi connectivity index (χ0n) is 19.4. The number of nitrogens with zero attached hydrogens (tertiary/aromatic N) is 2. The van der Waals surface area contributed by atoms with Crippen molar-refractivity contribution in [2.75, 3.05) is 21.9 Å². The molecule has 2 aliphatic rings. The van der Waals surface area contributed by atoms with Gasteiger partial charge in [-0.15, -0.1) is 0 Å². The fourth-order valence-electron chi connectivity index (χ4n) is 4.68. The highest BCUT2D eigenvalue weighted by Gasteiger charge is 2.60. The molecule has 2 saturated heterocycles. The van der Waals surface area contributed by atoms with Crippen LogP contribution in [0.15, 0.2) is 78.9 Å². The number of fused-ring (bicyclic) bond motifs is 1. The van der Waals surface area contributed by atoms with Gasteiger partial charge in [0.05, 0.1) is 24.0 Å². The predicted molar refractivity (Wildman–Crippen MR) is 131 cm³/mol. The average molecular weight is 472 g/mol. The molecule has 2 heterocycles. The van der Waals surface area contributed by atoms with Gasteiger partial charge in [0.1, 0.15) is 11.7 Å². The van der Waals surface area contributed by atoms with Crippen LogP contribution in [0.3, 0.4) is 0 Å². The third-order valence-electron chi connectivity index (χ3n) is 6.10. The number of imide groups is 1. The van der Waals surface area contributed by atoms with Gasteiger partial charge in [0, 0.05) is 12.6 Å². The Bertz CT molecular complexity index is 1260. The minimum Gasteiger partial charge on any atom is -0.492 e. The van der Waals surface area contributed by atoms with Crippen LogP contribution in [0.4, 0.5) is 17.1 Å². The number of carbonyl (C=O) groups excluding carboxylic acids is 3. The number of carbonyl (C=O) groups is 3. The Morgan fingerprint density at radius 3 is 2.31 bits per heavy atom. The van der Waals surface area contributed by atoms with Crippen LogP contribution in [0.5, 0.6) is 5.75 Å². The molecule has 0 bridgehead atoms. The van der Waals surface area contributed by atoms with E-state index in [-0.39, 0.29) is 11.8 Å². The maximum Gasteiger partial charge on any atom is 0.266 e. The zero-order valence-corrected chi connectivity index (χ0v) is 19.4. The Labute approximate surface area is 203 Å². The van der Waals surface area contributed by atoms with Crippen LogP contribution in [-0.4, -0.2) is 30.4 Å². The quantitative estimate of drug-likeness (QED) is 0.545. The molecule has 3 amide bonds. The third kappa shape index (κ3) is 4.02. The van der Waals surface area contributed by atoms with Crippen LogP contribution < -0.4 is 20.0 Å². The van der Waals surface area contributed by atoms with Gasteiger partial charge in [-0.3, -0.25) is 19.2 Å². The predicted octanol–water partition coefficient (Wildman–Crippen LogP) is 4.09. The topological polar surface area (TPSA) is 88.2 Å². The van der Waals surface area contributed by atoms with Gasteiger partial charge in [-0.25, -0.2) is 9.96 Å². The van der Waals surface area contributed by atoms with Gasteiger partial charge in [-0.1, -0.05) is 42.5 Å². The number of benzene rings is 3. The molecular weight excluding hydrogens is 446 g/mol. The van der Waals surface area contributed by atoms with Gasteiger partial charge in [0.2, 0.25) is 11.8 Å². The largest absolute Gasteiger partial charge is 0.492 e. The standard InChI is InChI=1S/C27H25N3O5/c1-3-34-22-12-8-7-11-21(22)29-26(32)23-24(18-13-15-19(16-14-18)28-17(2)31)30(35-25(23)27(29)33)20-9-5-4-6-10-20/h4-16,23-25H,3H2,1-2H3,(H,28,31)/t23-,24-,25+/m1/s1. The molecule has 1 N–H and O–H groups in total. The van der Waals surface area contributed by atoms with Gasteiger partial charge in [0.15, 0.2) is 6.10 Å². The number of hydroxylamine groups is 1. The van der Waals surface area contributed by atoms with Crippen molar-refractivity contribution in [3.63, 3.8) is 0 Å². The SMILES string of the molecule is CCOc1ccccc1N1C(=O)[C@H]2[C@H](ON(c3ccccc3)[C@@H]2c2ccc(NC(C)=O)cc2)C1=O. The lowest BCUT2D eigenvalue weighted by atomic mass is 9.90. The van der Waals surface area contributed by atoms with Crippen molar-refractivity contribution < 1.29 is 24.0 Å². The van der Waals surface area contributed by atoms with Gasteiger partial charge in [-0.2, -0.15) is 0 Å². The highest BCUT2D eigenvalue weighted by atomic mass is 16.7. The Kier molecular flexibility index (Phi) is 5.96. The maximum atomic E-state index is 13.8. The van der Waals surface area contributed by atoms with Crippen molar-refractivity contribution in [1.29, 1.82) is 0 Å². The molecule has 3 atom stereocenters. The van der Waals surface area contributed by atoms with Crippen LogP contribution >= 0.6 is 0 Å². The fourth-order valence-corrected chi connectivity index (χ4v) is 4.68. The molecular formula is C27H25N3O5. The lowest BCUT2D eigenvalue weighted by Crippen LogP contribution is -2.37. The normalized spacial score (nSPS) is 21.3. The fraction of sp³-hybridized carbons (Fsp3) is 0.222. The summed E-state index contributed by atoms with van der Waals surface area (Å²) >= 11 is 0. The van der Waals surface area contributed by atoms with Crippen LogP contribution in [0.25, 0.3) is 0 Å². The van der Waals surface area contributed by atoms with E-state index >= 15 is 0 Å². The van der Waals surface area contributed by atoms with E-state index in [2.05, 4.69) is 5.32 Å². The Morgan fingerprint density at radius 2 is 1.63 bits per heavy atom. The van der Waals surface area contributed by atoms with Crippen LogP contribution in [0, 0.1) is 5.92 Å². The van der Waals surface area contributed by atoms with E-state index in [1.54, 1.807) is 41.5 Å². The number of ether oxygens (including phenoxy) is 1. The molecule has 3 aromatic carbocycles. The average Bonchev–Trinajstić information content (AvgIpc) is 3.36. The second-order valence-electron chi connectivity index (χ2n) is 8.37. The molecule has 2 fully saturated rings.